The van der Waals surface area contributed by atoms with E-state index < -0.39 is 23.7 Å². The molecule has 21 heavy (non-hydrogen) atoms. The number of alkyl carbamates (subject to hydrolysis) is 1. The molecule has 0 aromatic carbocycles. The molecule has 1 aromatic heterocycles. The van der Waals surface area contributed by atoms with Crippen molar-refractivity contribution in [3.8, 4) is 0 Å². The average Bonchev–Trinajstić information content (AvgIpc) is 2.41. The number of nitrogens with one attached hydrogen (secondary N) is 1. The molecule has 0 aliphatic carbocycles. The van der Waals surface area contributed by atoms with Gasteiger partial charge in [-0.25, -0.2) is 9.59 Å². The van der Waals surface area contributed by atoms with Crippen LogP contribution in [0.2, 0.25) is 0 Å². The summed E-state index contributed by atoms with van der Waals surface area (Å²) in [6.07, 6.45) is 3.78. The van der Waals surface area contributed by atoms with Crippen LogP contribution < -0.4 is 5.32 Å². The first-order valence-electron chi connectivity index (χ1n) is 6.78. The van der Waals surface area contributed by atoms with E-state index in [0.717, 1.165) is 5.56 Å². The molecule has 1 atom stereocenters. The van der Waals surface area contributed by atoms with Gasteiger partial charge in [-0.05, 0) is 45.2 Å². The van der Waals surface area contributed by atoms with E-state index in [2.05, 4.69) is 10.3 Å². The second-order valence-electron chi connectivity index (χ2n) is 5.62. The number of pyridine rings is 1. The minimum Gasteiger partial charge on any atom is -0.467 e. The third-order valence-electron chi connectivity index (χ3n) is 2.62. The molecular weight excluding hydrogens is 272 g/mol. The fourth-order valence-electron chi connectivity index (χ4n) is 1.70. The zero-order chi connectivity index (χ0) is 15.9. The van der Waals surface area contributed by atoms with Crippen molar-refractivity contribution in [2.24, 2.45) is 0 Å². The van der Waals surface area contributed by atoms with Crippen molar-refractivity contribution in [3.63, 3.8) is 0 Å². The van der Waals surface area contributed by atoms with E-state index in [1.54, 1.807) is 33.2 Å². The first-order valence-corrected chi connectivity index (χ1v) is 6.78. The molecule has 1 aromatic rings. The maximum Gasteiger partial charge on any atom is 0.408 e. The van der Waals surface area contributed by atoms with Crippen molar-refractivity contribution in [3.05, 3.63) is 30.1 Å². The number of esters is 1. The molecule has 0 radical (unpaired) electrons. The van der Waals surface area contributed by atoms with Gasteiger partial charge in [0.1, 0.15) is 11.6 Å². The van der Waals surface area contributed by atoms with Gasteiger partial charge in [-0.2, -0.15) is 0 Å². The van der Waals surface area contributed by atoms with E-state index in [0.29, 0.717) is 12.8 Å². The van der Waals surface area contributed by atoms with Crippen LogP contribution in [0, 0.1) is 0 Å². The predicted octanol–water partition coefficient (Wildman–Crippen LogP) is 2.08. The lowest BCUT2D eigenvalue weighted by Crippen LogP contribution is -2.44. The van der Waals surface area contributed by atoms with Crippen molar-refractivity contribution in [2.45, 2.75) is 45.3 Å². The summed E-state index contributed by atoms with van der Waals surface area (Å²) in [5.74, 6) is -0.496. The normalized spacial score (nSPS) is 12.4. The largest absolute Gasteiger partial charge is 0.467 e. The molecule has 0 bridgehead atoms. The molecule has 0 saturated carbocycles. The molecule has 1 unspecified atom stereocenters. The molecular formula is C15H22N2O4. The fourth-order valence-corrected chi connectivity index (χ4v) is 1.70. The highest BCUT2D eigenvalue weighted by molar-refractivity contribution is 5.81. The molecule has 1 heterocycles. The number of methoxy groups -OCH3 is 1. The predicted molar refractivity (Wildman–Crippen MR) is 77.7 cm³/mol. The Hall–Kier alpha value is -2.11. The molecule has 0 spiro atoms. The van der Waals surface area contributed by atoms with Gasteiger partial charge in [-0.3, -0.25) is 4.98 Å². The van der Waals surface area contributed by atoms with Crippen molar-refractivity contribution in [1.82, 2.24) is 10.3 Å². The first-order chi connectivity index (χ1) is 9.81. The number of ether oxygens (including phenoxy) is 2. The van der Waals surface area contributed by atoms with Crippen LogP contribution in [-0.4, -0.2) is 35.8 Å². The standard InChI is InChI=1S/C15H22N2O4/c1-15(2,3)21-14(19)17-12(13(18)20-4)8-7-11-6-5-9-16-10-11/h5-6,9-10,12H,7-8H2,1-4H3,(H,17,19). The van der Waals surface area contributed by atoms with E-state index in [-0.39, 0.29) is 0 Å². The summed E-state index contributed by atoms with van der Waals surface area (Å²) < 4.78 is 9.85. The van der Waals surface area contributed by atoms with Gasteiger partial charge in [-0.15, -0.1) is 0 Å². The van der Waals surface area contributed by atoms with Crippen LogP contribution in [0.4, 0.5) is 4.79 Å². The van der Waals surface area contributed by atoms with Gasteiger partial charge in [0, 0.05) is 12.4 Å². The molecule has 116 valence electrons. The van der Waals surface area contributed by atoms with E-state index in [9.17, 15) is 9.59 Å². The van der Waals surface area contributed by atoms with Crippen LogP contribution in [0.5, 0.6) is 0 Å². The second kappa shape index (κ2) is 7.61. The lowest BCUT2D eigenvalue weighted by Gasteiger charge is -2.22. The number of rotatable bonds is 5. The van der Waals surface area contributed by atoms with Gasteiger partial charge < -0.3 is 14.8 Å². The molecule has 0 saturated heterocycles. The molecule has 6 nitrogen and oxygen atoms in total. The minimum atomic E-state index is -0.745. The third kappa shape index (κ3) is 6.74. The van der Waals surface area contributed by atoms with E-state index in [4.69, 9.17) is 9.47 Å². The Morgan fingerprint density at radius 2 is 2.10 bits per heavy atom. The lowest BCUT2D eigenvalue weighted by atomic mass is 10.1. The van der Waals surface area contributed by atoms with Crippen molar-refractivity contribution >= 4 is 12.1 Å². The highest BCUT2D eigenvalue weighted by Crippen LogP contribution is 2.09. The van der Waals surface area contributed by atoms with Crippen LogP contribution >= 0.6 is 0 Å². The lowest BCUT2D eigenvalue weighted by molar-refractivity contribution is -0.143. The number of aromatic nitrogens is 1. The second-order valence-corrected chi connectivity index (χ2v) is 5.62. The molecule has 0 aliphatic heterocycles. The van der Waals surface area contributed by atoms with E-state index in [1.165, 1.54) is 7.11 Å². The summed E-state index contributed by atoms with van der Waals surface area (Å²) in [4.78, 5) is 27.5. The molecule has 0 fully saturated rings. The van der Waals surface area contributed by atoms with Gasteiger partial charge in [0.05, 0.1) is 7.11 Å². The van der Waals surface area contributed by atoms with Crippen LogP contribution in [0.25, 0.3) is 0 Å². The van der Waals surface area contributed by atoms with Crippen molar-refractivity contribution in [2.75, 3.05) is 7.11 Å². The van der Waals surface area contributed by atoms with Crippen molar-refractivity contribution in [1.29, 1.82) is 0 Å². The topological polar surface area (TPSA) is 77.5 Å². The maximum absolute atomic E-state index is 11.7. The number of amides is 1. The van der Waals surface area contributed by atoms with Crippen LogP contribution in [0.3, 0.4) is 0 Å². The molecule has 1 N–H and O–H groups in total. The maximum atomic E-state index is 11.7. The Labute approximate surface area is 124 Å². The number of nitrogens with zero attached hydrogens (tertiary/aromatic N) is 1. The van der Waals surface area contributed by atoms with Gasteiger partial charge in [0.2, 0.25) is 0 Å². The molecule has 1 amide bonds. The first kappa shape index (κ1) is 16.9. The number of hydrogen-bond acceptors (Lipinski definition) is 5. The summed E-state index contributed by atoms with van der Waals surface area (Å²) in [7, 11) is 1.29. The summed E-state index contributed by atoms with van der Waals surface area (Å²) >= 11 is 0. The Kier molecular flexibility index (Phi) is 6.14. The number of carbonyl (C=O) groups is 2. The van der Waals surface area contributed by atoms with Crippen LogP contribution in [0.15, 0.2) is 24.5 Å². The van der Waals surface area contributed by atoms with Gasteiger partial charge >= 0.3 is 12.1 Å². The van der Waals surface area contributed by atoms with Gasteiger partial charge in [0.15, 0.2) is 0 Å². The monoisotopic (exact) mass is 294 g/mol. The smallest absolute Gasteiger partial charge is 0.408 e. The van der Waals surface area contributed by atoms with Crippen LogP contribution in [0.1, 0.15) is 32.8 Å². The third-order valence-corrected chi connectivity index (χ3v) is 2.62. The zero-order valence-corrected chi connectivity index (χ0v) is 12.9. The summed E-state index contributed by atoms with van der Waals surface area (Å²) in [5.41, 5.74) is 0.367. The minimum absolute atomic E-state index is 0.414. The number of hydrogen-bond donors (Lipinski definition) is 1. The Morgan fingerprint density at radius 1 is 1.38 bits per heavy atom. The average molecular weight is 294 g/mol. The van der Waals surface area contributed by atoms with Gasteiger partial charge in [0.25, 0.3) is 0 Å². The molecule has 1 rings (SSSR count). The number of aryl methyl sites for hydroxylation is 1. The fraction of sp³-hybridized carbons (Fsp3) is 0.533. The SMILES string of the molecule is COC(=O)C(CCc1cccnc1)NC(=O)OC(C)(C)C. The summed E-state index contributed by atoms with van der Waals surface area (Å²) in [5, 5.41) is 2.54. The Bertz CT molecular complexity index is 468. The molecule has 6 heteroatoms. The molecule has 0 aliphatic rings. The van der Waals surface area contributed by atoms with Crippen LogP contribution in [-0.2, 0) is 20.7 Å². The Morgan fingerprint density at radius 3 is 2.62 bits per heavy atom. The van der Waals surface area contributed by atoms with Gasteiger partial charge in [-0.1, -0.05) is 6.07 Å². The summed E-state index contributed by atoms with van der Waals surface area (Å²) in [6.45, 7) is 5.28. The Balaban J connectivity index is 2.60. The van der Waals surface area contributed by atoms with E-state index in [1.807, 2.05) is 12.1 Å². The van der Waals surface area contributed by atoms with Crippen molar-refractivity contribution < 1.29 is 19.1 Å². The highest BCUT2D eigenvalue weighted by atomic mass is 16.6. The van der Waals surface area contributed by atoms with E-state index >= 15 is 0 Å². The quantitative estimate of drug-likeness (QED) is 0.841. The number of carbonyl (C=O) groups excluding carboxylic acids is 2. The summed E-state index contributed by atoms with van der Waals surface area (Å²) in [6, 6.07) is 2.99. The highest BCUT2D eigenvalue weighted by Gasteiger charge is 2.24. The zero-order valence-electron chi connectivity index (χ0n) is 12.9.